The van der Waals surface area contributed by atoms with E-state index >= 15 is 0 Å². The highest BCUT2D eigenvalue weighted by atomic mass is 79.9. The minimum atomic E-state index is -0.605. The number of thiophene rings is 2. The van der Waals surface area contributed by atoms with E-state index in [-0.39, 0.29) is 9.88 Å². The lowest BCUT2D eigenvalue weighted by Crippen LogP contribution is -2.41. The number of hydrogen-bond acceptors (Lipinski definition) is 6. The third-order valence-electron chi connectivity index (χ3n) is 2.08. The molecule has 2 rings (SSSR count). The Morgan fingerprint density at radius 1 is 1.05 bits per heavy atom. The molecule has 0 saturated carbocycles. The summed E-state index contributed by atoms with van der Waals surface area (Å²) in [7, 11) is 0. The van der Waals surface area contributed by atoms with Crippen LogP contribution < -0.4 is 10.9 Å². The zero-order chi connectivity index (χ0) is 14.7. The van der Waals surface area contributed by atoms with E-state index in [4.69, 9.17) is 0 Å². The quantitative estimate of drug-likeness (QED) is 0.635. The van der Waals surface area contributed by atoms with Crippen molar-refractivity contribution in [3.05, 3.63) is 47.9 Å². The molecule has 2 aromatic rings. The van der Waals surface area contributed by atoms with E-state index in [0.29, 0.717) is 4.88 Å². The van der Waals surface area contributed by atoms with E-state index in [1.165, 1.54) is 23.5 Å². The van der Waals surface area contributed by atoms with Crippen molar-refractivity contribution >= 4 is 55.4 Å². The van der Waals surface area contributed by atoms with Gasteiger partial charge in [-0.15, -0.1) is 11.3 Å². The van der Waals surface area contributed by atoms with Gasteiger partial charge in [0, 0.05) is 6.07 Å². The molecule has 0 spiro atoms. The van der Waals surface area contributed by atoms with Crippen LogP contribution in [0.15, 0.2) is 28.1 Å². The van der Waals surface area contributed by atoms with E-state index < -0.39 is 16.7 Å². The largest absolute Gasteiger partial charge is 0.324 e. The van der Waals surface area contributed by atoms with Gasteiger partial charge in [-0.25, -0.2) is 0 Å². The van der Waals surface area contributed by atoms with Crippen molar-refractivity contribution in [2.75, 3.05) is 0 Å². The smallest absolute Gasteiger partial charge is 0.266 e. The summed E-state index contributed by atoms with van der Waals surface area (Å²) in [5.74, 6) is -1.06. The monoisotopic (exact) mass is 375 g/mol. The molecule has 0 aliphatic rings. The van der Waals surface area contributed by atoms with Crippen LogP contribution >= 0.6 is 38.6 Å². The predicted octanol–water partition coefficient (Wildman–Crippen LogP) is 2.56. The molecule has 0 bridgehead atoms. The standard InChI is InChI=1S/C10H6BrN3O4S2/c11-7-3-1-5(19-7)9(15)12-13-10(16)6-2-4-8(20-6)14(17)18/h1-4H,(H,12,15)(H,13,16). The maximum atomic E-state index is 11.7. The van der Waals surface area contributed by atoms with Crippen molar-refractivity contribution < 1.29 is 14.5 Å². The fraction of sp³-hybridized carbons (Fsp3) is 0. The van der Waals surface area contributed by atoms with Crippen LogP contribution in [0.3, 0.4) is 0 Å². The lowest BCUT2D eigenvalue weighted by Gasteiger charge is -2.03. The van der Waals surface area contributed by atoms with Crippen LogP contribution in [0.1, 0.15) is 19.3 Å². The lowest BCUT2D eigenvalue weighted by molar-refractivity contribution is -0.380. The SMILES string of the molecule is O=C(NNC(=O)c1ccc([N+](=O)[O-])s1)c1ccc(Br)s1. The average Bonchev–Trinajstić information content (AvgIpc) is 3.04. The van der Waals surface area contributed by atoms with Gasteiger partial charge in [-0.05, 0) is 34.1 Å². The van der Waals surface area contributed by atoms with Crippen LogP contribution in [0.2, 0.25) is 0 Å². The first-order valence-electron chi connectivity index (χ1n) is 5.07. The maximum Gasteiger partial charge on any atom is 0.324 e. The molecule has 2 amide bonds. The Morgan fingerprint density at radius 3 is 2.05 bits per heavy atom. The van der Waals surface area contributed by atoms with Crippen molar-refractivity contribution in [2.24, 2.45) is 0 Å². The first-order valence-corrected chi connectivity index (χ1v) is 7.50. The van der Waals surface area contributed by atoms with Gasteiger partial charge in [0.05, 0.1) is 13.6 Å². The molecular formula is C10H6BrN3O4S2. The molecule has 7 nitrogen and oxygen atoms in total. The number of rotatable bonds is 3. The van der Waals surface area contributed by atoms with Gasteiger partial charge in [0.15, 0.2) is 0 Å². The van der Waals surface area contributed by atoms with Crippen molar-refractivity contribution in [3.8, 4) is 0 Å². The molecule has 0 radical (unpaired) electrons. The van der Waals surface area contributed by atoms with E-state index in [0.717, 1.165) is 15.1 Å². The minimum Gasteiger partial charge on any atom is -0.266 e. The highest BCUT2D eigenvalue weighted by Crippen LogP contribution is 2.24. The lowest BCUT2D eigenvalue weighted by atomic mass is 10.4. The number of nitro groups is 1. The number of carbonyl (C=O) groups is 2. The number of hydrogen-bond donors (Lipinski definition) is 2. The second-order valence-corrected chi connectivity index (χ2v) is 6.93. The molecular weight excluding hydrogens is 370 g/mol. The number of carbonyl (C=O) groups excluding carboxylic acids is 2. The summed E-state index contributed by atoms with van der Waals surface area (Å²) in [6.45, 7) is 0. The molecule has 0 aromatic carbocycles. The molecule has 0 atom stereocenters. The molecule has 10 heteroatoms. The Labute approximate surface area is 128 Å². The Kier molecular flexibility index (Phi) is 4.47. The number of halogens is 1. The fourth-order valence-electron chi connectivity index (χ4n) is 1.22. The second-order valence-electron chi connectivity index (χ2n) is 3.41. The van der Waals surface area contributed by atoms with Gasteiger partial charge in [-0.1, -0.05) is 11.3 Å². The molecule has 20 heavy (non-hydrogen) atoms. The van der Waals surface area contributed by atoms with Crippen molar-refractivity contribution in [1.82, 2.24) is 10.9 Å². The number of nitrogens with zero attached hydrogens (tertiary/aromatic N) is 1. The van der Waals surface area contributed by atoms with Gasteiger partial charge in [-0.3, -0.25) is 30.6 Å². The number of nitrogens with one attached hydrogen (secondary N) is 2. The molecule has 0 fully saturated rings. The van der Waals surface area contributed by atoms with Crippen molar-refractivity contribution in [1.29, 1.82) is 0 Å². The highest BCUT2D eigenvalue weighted by molar-refractivity contribution is 9.11. The van der Waals surface area contributed by atoms with Gasteiger partial charge in [0.1, 0.15) is 4.88 Å². The van der Waals surface area contributed by atoms with Crippen LogP contribution in [0, 0.1) is 10.1 Å². The van der Waals surface area contributed by atoms with Crippen molar-refractivity contribution in [2.45, 2.75) is 0 Å². The molecule has 0 unspecified atom stereocenters. The Bertz CT molecular complexity index is 682. The van der Waals surface area contributed by atoms with Crippen LogP contribution in [0.5, 0.6) is 0 Å². The first-order chi connectivity index (χ1) is 9.47. The van der Waals surface area contributed by atoms with Crippen LogP contribution in [0.4, 0.5) is 5.00 Å². The summed E-state index contributed by atoms with van der Waals surface area (Å²) in [6, 6.07) is 5.88. The average molecular weight is 376 g/mol. The molecule has 2 aromatic heterocycles. The fourth-order valence-corrected chi connectivity index (χ4v) is 3.22. The van der Waals surface area contributed by atoms with Crippen LogP contribution in [-0.2, 0) is 0 Å². The van der Waals surface area contributed by atoms with E-state index in [1.807, 2.05) is 0 Å². The van der Waals surface area contributed by atoms with Crippen LogP contribution in [0.25, 0.3) is 0 Å². The van der Waals surface area contributed by atoms with E-state index in [1.54, 1.807) is 12.1 Å². The third-order valence-corrected chi connectivity index (χ3v) is 4.74. The van der Waals surface area contributed by atoms with Crippen molar-refractivity contribution in [3.63, 3.8) is 0 Å². The maximum absolute atomic E-state index is 11.7. The minimum absolute atomic E-state index is 0.135. The first kappa shape index (κ1) is 14.6. The summed E-state index contributed by atoms with van der Waals surface area (Å²) >= 11 is 5.17. The number of amides is 2. The van der Waals surface area contributed by atoms with Gasteiger partial charge in [0.25, 0.3) is 11.8 Å². The second kappa shape index (κ2) is 6.11. The molecule has 0 aliphatic carbocycles. The topological polar surface area (TPSA) is 101 Å². The van der Waals surface area contributed by atoms with E-state index in [9.17, 15) is 19.7 Å². The summed E-state index contributed by atoms with van der Waals surface area (Å²) in [4.78, 5) is 33.8. The summed E-state index contributed by atoms with van der Waals surface area (Å²) in [5.41, 5.74) is 4.44. The third kappa shape index (κ3) is 3.40. The summed E-state index contributed by atoms with van der Waals surface area (Å²) in [6.07, 6.45) is 0. The molecule has 0 aliphatic heterocycles. The molecule has 0 saturated heterocycles. The zero-order valence-corrected chi connectivity index (χ0v) is 12.8. The number of hydrazine groups is 1. The highest BCUT2D eigenvalue weighted by Gasteiger charge is 2.16. The van der Waals surface area contributed by atoms with Gasteiger partial charge in [-0.2, -0.15) is 0 Å². The van der Waals surface area contributed by atoms with Gasteiger partial charge in [0.2, 0.25) is 0 Å². The Balaban J connectivity index is 1.94. The molecule has 104 valence electrons. The molecule has 2 N–H and O–H groups in total. The predicted molar refractivity (Wildman–Crippen MR) is 77.9 cm³/mol. The Hall–Kier alpha value is -1.78. The molecule has 2 heterocycles. The van der Waals surface area contributed by atoms with E-state index in [2.05, 4.69) is 26.8 Å². The zero-order valence-electron chi connectivity index (χ0n) is 9.58. The van der Waals surface area contributed by atoms with Gasteiger partial charge >= 0.3 is 5.00 Å². The Morgan fingerprint density at radius 2 is 1.60 bits per heavy atom. The van der Waals surface area contributed by atoms with Gasteiger partial charge < -0.3 is 0 Å². The summed E-state index contributed by atoms with van der Waals surface area (Å²) < 4.78 is 0.794. The summed E-state index contributed by atoms with van der Waals surface area (Å²) in [5, 5.41) is 10.4. The van der Waals surface area contributed by atoms with Crippen LogP contribution in [-0.4, -0.2) is 16.7 Å². The normalized spacial score (nSPS) is 10.1.